The Kier molecular flexibility index (Phi) is 4.50. The fraction of sp³-hybridized carbons (Fsp3) is 0.462. The van der Waals surface area contributed by atoms with Gasteiger partial charge in [-0.05, 0) is 54.8 Å². The van der Waals surface area contributed by atoms with Crippen molar-refractivity contribution in [1.82, 2.24) is 9.80 Å². The molecule has 0 radical (unpaired) electrons. The highest BCUT2D eigenvalue weighted by atomic mass is 127. The summed E-state index contributed by atoms with van der Waals surface area (Å²) >= 11 is 8.22. The van der Waals surface area contributed by atoms with E-state index in [4.69, 9.17) is 11.6 Å². The van der Waals surface area contributed by atoms with Crippen molar-refractivity contribution in [2.75, 3.05) is 26.7 Å². The average molecular weight is 379 g/mol. The molecule has 3 nitrogen and oxygen atoms in total. The summed E-state index contributed by atoms with van der Waals surface area (Å²) in [4.78, 5) is 16.5. The maximum absolute atomic E-state index is 12.4. The van der Waals surface area contributed by atoms with Gasteiger partial charge in [-0.3, -0.25) is 4.79 Å². The van der Waals surface area contributed by atoms with Crippen LogP contribution in [0.3, 0.4) is 0 Å². The van der Waals surface area contributed by atoms with Gasteiger partial charge >= 0.3 is 0 Å². The summed E-state index contributed by atoms with van der Waals surface area (Å²) in [6, 6.07) is 5.89. The van der Waals surface area contributed by atoms with Crippen molar-refractivity contribution in [1.29, 1.82) is 0 Å². The van der Waals surface area contributed by atoms with Crippen molar-refractivity contribution in [3.05, 3.63) is 32.4 Å². The van der Waals surface area contributed by atoms with Gasteiger partial charge in [0.1, 0.15) is 0 Å². The van der Waals surface area contributed by atoms with Gasteiger partial charge in [-0.15, -0.1) is 0 Å². The molecule has 2 rings (SSSR count). The minimum Gasteiger partial charge on any atom is -0.336 e. The van der Waals surface area contributed by atoms with E-state index in [0.29, 0.717) is 16.6 Å². The van der Waals surface area contributed by atoms with Crippen LogP contribution >= 0.6 is 34.2 Å². The highest BCUT2D eigenvalue weighted by Crippen LogP contribution is 2.21. The number of hydrogen-bond acceptors (Lipinski definition) is 2. The van der Waals surface area contributed by atoms with Gasteiger partial charge in [0.05, 0.1) is 5.02 Å². The quantitative estimate of drug-likeness (QED) is 0.702. The summed E-state index contributed by atoms with van der Waals surface area (Å²) in [6.07, 6.45) is 0. The lowest BCUT2D eigenvalue weighted by atomic mass is 10.1. The molecule has 1 aromatic carbocycles. The van der Waals surface area contributed by atoms with Crippen LogP contribution in [0.25, 0.3) is 0 Å². The lowest BCUT2D eigenvalue weighted by Gasteiger charge is -2.37. The molecule has 1 atom stereocenters. The predicted molar refractivity (Wildman–Crippen MR) is 82.2 cm³/mol. The minimum absolute atomic E-state index is 0.0771. The average Bonchev–Trinajstić information content (AvgIpc) is 2.35. The van der Waals surface area contributed by atoms with Crippen molar-refractivity contribution in [3.8, 4) is 0 Å². The van der Waals surface area contributed by atoms with E-state index in [1.54, 1.807) is 6.07 Å². The second kappa shape index (κ2) is 5.75. The molecule has 0 aromatic heterocycles. The van der Waals surface area contributed by atoms with E-state index in [2.05, 4.69) is 41.5 Å². The number of nitrogens with zero attached hydrogens (tertiary/aromatic N) is 2. The number of carbonyl (C=O) groups is 1. The molecule has 1 amide bonds. The molecule has 1 aromatic rings. The van der Waals surface area contributed by atoms with E-state index in [1.165, 1.54) is 0 Å². The fourth-order valence-corrected chi connectivity index (χ4v) is 2.56. The highest BCUT2D eigenvalue weighted by molar-refractivity contribution is 14.1. The van der Waals surface area contributed by atoms with E-state index in [9.17, 15) is 4.79 Å². The monoisotopic (exact) mass is 378 g/mol. The van der Waals surface area contributed by atoms with Crippen LogP contribution in [0.15, 0.2) is 18.2 Å². The van der Waals surface area contributed by atoms with Gasteiger partial charge in [-0.25, -0.2) is 0 Å². The van der Waals surface area contributed by atoms with Crippen molar-refractivity contribution in [3.63, 3.8) is 0 Å². The van der Waals surface area contributed by atoms with Crippen LogP contribution in [0.5, 0.6) is 0 Å². The summed E-state index contributed by atoms with van der Waals surface area (Å²) in [5.74, 6) is 0.0771. The first-order valence-electron chi connectivity index (χ1n) is 5.93. The Labute approximate surface area is 126 Å². The molecular weight excluding hydrogens is 363 g/mol. The van der Waals surface area contributed by atoms with Crippen molar-refractivity contribution < 1.29 is 4.79 Å². The lowest BCUT2D eigenvalue weighted by Crippen LogP contribution is -2.52. The molecule has 0 aliphatic carbocycles. The molecule has 1 aliphatic heterocycles. The third-order valence-corrected chi connectivity index (χ3v) is 4.99. The summed E-state index contributed by atoms with van der Waals surface area (Å²) in [5.41, 5.74) is 0.678. The Balaban J connectivity index is 2.14. The Bertz CT molecular complexity index is 466. The molecule has 18 heavy (non-hydrogen) atoms. The highest BCUT2D eigenvalue weighted by Gasteiger charge is 2.25. The van der Waals surface area contributed by atoms with Gasteiger partial charge in [-0.1, -0.05) is 11.6 Å². The maximum atomic E-state index is 12.4. The predicted octanol–water partition coefficient (Wildman–Crippen LogP) is 2.72. The number of rotatable bonds is 1. The topological polar surface area (TPSA) is 23.6 Å². The largest absolute Gasteiger partial charge is 0.336 e. The van der Waals surface area contributed by atoms with Gasteiger partial charge in [0.2, 0.25) is 0 Å². The first kappa shape index (κ1) is 14.1. The van der Waals surface area contributed by atoms with E-state index < -0.39 is 0 Å². The van der Waals surface area contributed by atoms with Gasteiger partial charge < -0.3 is 9.80 Å². The number of piperazine rings is 1. The number of benzene rings is 1. The SMILES string of the molecule is CC1CN(C(=O)c2ccc(I)c(Cl)c2)CCN1C. The van der Waals surface area contributed by atoms with Gasteiger partial charge in [0.15, 0.2) is 0 Å². The molecule has 1 heterocycles. The second-order valence-electron chi connectivity index (χ2n) is 4.71. The zero-order valence-corrected chi connectivity index (χ0v) is 13.4. The molecule has 0 bridgehead atoms. The second-order valence-corrected chi connectivity index (χ2v) is 6.28. The molecule has 5 heteroatoms. The van der Waals surface area contributed by atoms with Crippen LogP contribution < -0.4 is 0 Å². The zero-order chi connectivity index (χ0) is 13.3. The number of carbonyl (C=O) groups excluding carboxylic acids is 1. The van der Waals surface area contributed by atoms with Crippen LogP contribution in [0, 0.1) is 3.57 Å². The smallest absolute Gasteiger partial charge is 0.254 e. The molecule has 98 valence electrons. The van der Waals surface area contributed by atoms with Gasteiger partial charge in [-0.2, -0.15) is 0 Å². The normalized spacial score (nSPS) is 21.1. The third-order valence-electron chi connectivity index (χ3n) is 3.41. The van der Waals surface area contributed by atoms with Crippen LogP contribution in [-0.4, -0.2) is 48.4 Å². The Morgan fingerprint density at radius 2 is 2.17 bits per heavy atom. The molecule has 0 saturated carbocycles. The maximum Gasteiger partial charge on any atom is 0.254 e. The summed E-state index contributed by atoms with van der Waals surface area (Å²) in [6.45, 7) is 4.62. The van der Waals surface area contributed by atoms with Crippen molar-refractivity contribution >= 4 is 40.1 Å². The summed E-state index contributed by atoms with van der Waals surface area (Å²) < 4.78 is 0.970. The van der Waals surface area contributed by atoms with Gasteiger partial charge in [0, 0.05) is 34.8 Å². The minimum atomic E-state index is 0.0771. The van der Waals surface area contributed by atoms with E-state index in [1.807, 2.05) is 17.0 Å². The fourth-order valence-electron chi connectivity index (χ4n) is 2.04. The zero-order valence-electron chi connectivity index (χ0n) is 10.5. The number of amides is 1. The van der Waals surface area contributed by atoms with Crippen molar-refractivity contribution in [2.24, 2.45) is 0 Å². The van der Waals surface area contributed by atoms with Crippen LogP contribution in [0.4, 0.5) is 0 Å². The van der Waals surface area contributed by atoms with Crippen LogP contribution in [-0.2, 0) is 0 Å². The molecule has 1 unspecified atom stereocenters. The Morgan fingerprint density at radius 1 is 1.44 bits per heavy atom. The molecule has 0 spiro atoms. The lowest BCUT2D eigenvalue weighted by molar-refractivity contribution is 0.0572. The van der Waals surface area contributed by atoms with Crippen molar-refractivity contribution in [2.45, 2.75) is 13.0 Å². The summed E-state index contributed by atoms with van der Waals surface area (Å²) in [7, 11) is 2.09. The number of halogens is 2. The van der Waals surface area contributed by atoms with E-state index >= 15 is 0 Å². The number of likely N-dealkylation sites (N-methyl/N-ethyl adjacent to an activating group) is 1. The third kappa shape index (κ3) is 2.97. The van der Waals surface area contributed by atoms with E-state index in [-0.39, 0.29) is 5.91 Å². The van der Waals surface area contributed by atoms with Crippen LogP contribution in [0.1, 0.15) is 17.3 Å². The standard InChI is InChI=1S/C13H16ClIN2O/c1-9-8-17(6-5-16(9)2)13(18)10-3-4-12(15)11(14)7-10/h3-4,7,9H,5-6,8H2,1-2H3. The molecule has 0 N–H and O–H groups in total. The molecule has 1 aliphatic rings. The van der Waals surface area contributed by atoms with E-state index in [0.717, 1.165) is 23.2 Å². The summed E-state index contributed by atoms with van der Waals surface area (Å²) in [5, 5.41) is 0.642. The number of hydrogen-bond donors (Lipinski definition) is 0. The molecule has 1 fully saturated rings. The molecule has 1 saturated heterocycles. The van der Waals surface area contributed by atoms with Crippen LogP contribution in [0.2, 0.25) is 5.02 Å². The first-order valence-corrected chi connectivity index (χ1v) is 7.39. The van der Waals surface area contributed by atoms with Gasteiger partial charge in [0.25, 0.3) is 5.91 Å². The molecular formula is C13H16ClIN2O. The Hall–Kier alpha value is -0.330. The first-order chi connectivity index (χ1) is 8.49. The Morgan fingerprint density at radius 3 is 2.78 bits per heavy atom.